The Hall–Kier alpha value is -0.540. The van der Waals surface area contributed by atoms with Gasteiger partial charge in [-0.2, -0.15) is 0 Å². The second-order valence-corrected chi connectivity index (χ2v) is 4.76. The zero-order chi connectivity index (χ0) is 11.4. The van der Waals surface area contributed by atoms with Crippen LogP contribution in [0.25, 0.3) is 0 Å². The highest BCUT2D eigenvalue weighted by Crippen LogP contribution is 2.25. The standard InChI is InChI=1S/C13H17BrO2/c1-10-4-5-13(11(7-10)8-14)16-12-3-2-6-15-9-12/h4-5,7,12H,2-3,6,8-9H2,1H3. The van der Waals surface area contributed by atoms with Crippen LogP contribution in [0.1, 0.15) is 24.0 Å². The lowest BCUT2D eigenvalue weighted by molar-refractivity contribution is 0.00713. The number of alkyl halides is 1. The predicted octanol–water partition coefficient (Wildman–Crippen LogP) is 3.45. The van der Waals surface area contributed by atoms with Crippen LogP contribution in [0.3, 0.4) is 0 Å². The molecule has 3 heteroatoms. The van der Waals surface area contributed by atoms with Gasteiger partial charge in [-0.3, -0.25) is 0 Å². The third-order valence-corrected chi connectivity index (χ3v) is 3.38. The van der Waals surface area contributed by atoms with Crippen molar-refractivity contribution in [2.24, 2.45) is 0 Å². The molecule has 1 aromatic carbocycles. The summed E-state index contributed by atoms with van der Waals surface area (Å²) in [5.41, 5.74) is 2.48. The van der Waals surface area contributed by atoms with Gasteiger partial charge in [-0.15, -0.1) is 0 Å². The van der Waals surface area contributed by atoms with Crippen LogP contribution in [0.15, 0.2) is 18.2 Å². The summed E-state index contributed by atoms with van der Waals surface area (Å²) in [6.45, 7) is 3.69. The van der Waals surface area contributed by atoms with Crippen molar-refractivity contribution >= 4 is 15.9 Å². The summed E-state index contributed by atoms with van der Waals surface area (Å²) in [6.07, 6.45) is 2.41. The van der Waals surface area contributed by atoms with Crippen LogP contribution in [0, 0.1) is 6.92 Å². The molecule has 1 aliphatic rings. The summed E-state index contributed by atoms with van der Waals surface area (Å²) in [5.74, 6) is 0.984. The lowest BCUT2D eigenvalue weighted by Crippen LogP contribution is -2.28. The van der Waals surface area contributed by atoms with E-state index in [0.717, 1.165) is 37.1 Å². The molecule has 2 nitrogen and oxygen atoms in total. The molecule has 0 N–H and O–H groups in total. The average molecular weight is 285 g/mol. The van der Waals surface area contributed by atoms with E-state index < -0.39 is 0 Å². The first-order chi connectivity index (χ1) is 7.79. The van der Waals surface area contributed by atoms with E-state index in [2.05, 4.69) is 41.1 Å². The summed E-state index contributed by atoms with van der Waals surface area (Å²) in [7, 11) is 0. The van der Waals surface area contributed by atoms with Crippen molar-refractivity contribution in [3.8, 4) is 5.75 Å². The maximum atomic E-state index is 5.98. The van der Waals surface area contributed by atoms with Gasteiger partial charge in [-0.25, -0.2) is 0 Å². The highest BCUT2D eigenvalue weighted by molar-refractivity contribution is 9.08. The van der Waals surface area contributed by atoms with Crippen LogP contribution in [-0.2, 0) is 10.1 Å². The second-order valence-electron chi connectivity index (χ2n) is 4.20. The Labute approximate surface area is 105 Å². The fourth-order valence-electron chi connectivity index (χ4n) is 1.91. The van der Waals surface area contributed by atoms with Crippen LogP contribution in [0.2, 0.25) is 0 Å². The molecule has 0 spiro atoms. The SMILES string of the molecule is Cc1ccc(OC2CCCOC2)c(CBr)c1. The molecule has 16 heavy (non-hydrogen) atoms. The van der Waals surface area contributed by atoms with Crippen LogP contribution >= 0.6 is 15.9 Å². The van der Waals surface area contributed by atoms with Gasteiger partial charge >= 0.3 is 0 Å². The summed E-state index contributed by atoms with van der Waals surface area (Å²) in [6, 6.07) is 6.31. The minimum Gasteiger partial charge on any atom is -0.488 e. The molecule has 0 radical (unpaired) electrons. The minimum atomic E-state index is 0.217. The normalized spacial score (nSPS) is 20.8. The Bertz CT molecular complexity index is 346. The van der Waals surface area contributed by atoms with Crippen molar-refractivity contribution in [3.05, 3.63) is 29.3 Å². The number of hydrogen-bond acceptors (Lipinski definition) is 2. The molecule has 1 aliphatic heterocycles. The van der Waals surface area contributed by atoms with Gasteiger partial charge in [-0.05, 0) is 25.8 Å². The number of benzene rings is 1. The van der Waals surface area contributed by atoms with E-state index in [1.807, 2.05) is 0 Å². The first-order valence-corrected chi connectivity index (χ1v) is 6.81. The molecule has 1 heterocycles. The molecule has 2 rings (SSSR count). The Morgan fingerprint density at radius 3 is 3.06 bits per heavy atom. The molecule has 1 unspecified atom stereocenters. The molecule has 0 amide bonds. The van der Waals surface area contributed by atoms with Crippen molar-refractivity contribution in [2.75, 3.05) is 13.2 Å². The molecule has 0 bridgehead atoms. The van der Waals surface area contributed by atoms with Gasteiger partial charge < -0.3 is 9.47 Å². The maximum absolute atomic E-state index is 5.98. The van der Waals surface area contributed by atoms with E-state index >= 15 is 0 Å². The number of aryl methyl sites for hydroxylation is 1. The largest absolute Gasteiger partial charge is 0.488 e. The van der Waals surface area contributed by atoms with Crippen molar-refractivity contribution in [3.63, 3.8) is 0 Å². The van der Waals surface area contributed by atoms with Crippen LogP contribution < -0.4 is 4.74 Å². The Morgan fingerprint density at radius 2 is 2.38 bits per heavy atom. The van der Waals surface area contributed by atoms with Gasteiger partial charge in [-0.1, -0.05) is 33.6 Å². The van der Waals surface area contributed by atoms with Crippen molar-refractivity contribution in [1.82, 2.24) is 0 Å². The maximum Gasteiger partial charge on any atom is 0.123 e. The topological polar surface area (TPSA) is 18.5 Å². The summed E-state index contributed by atoms with van der Waals surface area (Å²) < 4.78 is 11.4. The van der Waals surface area contributed by atoms with E-state index in [1.165, 1.54) is 11.1 Å². The second kappa shape index (κ2) is 5.69. The molecule has 1 atom stereocenters. The van der Waals surface area contributed by atoms with E-state index in [4.69, 9.17) is 9.47 Å². The lowest BCUT2D eigenvalue weighted by atomic mass is 10.1. The zero-order valence-electron chi connectivity index (χ0n) is 9.54. The van der Waals surface area contributed by atoms with Gasteiger partial charge in [0.25, 0.3) is 0 Å². The monoisotopic (exact) mass is 284 g/mol. The summed E-state index contributed by atoms with van der Waals surface area (Å²) >= 11 is 3.50. The fraction of sp³-hybridized carbons (Fsp3) is 0.538. The Balaban J connectivity index is 2.07. The predicted molar refractivity (Wildman–Crippen MR) is 68.3 cm³/mol. The van der Waals surface area contributed by atoms with Crippen molar-refractivity contribution < 1.29 is 9.47 Å². The van der Waals surface area contributed by atoms with E-state index in [-0.39, 0.29) is 6.10 Å². The van der Waals surface area contributed by atoms with E-state index in [1.54, 1.807) is 0 Å². The molecular weight excluding hydrogens is 268 g/mol. The number of ether oxygens (including phenoxy) is 2. The third kappa shape index (κ3) is 2.98. The molecule has 0 aliphatic carbocycles. The smallest absolute Gasteiger partial charge is 0.123 e. The summed E-state index contributed by atoms with van der Waals surface area (Å²) in [5, 5.41) is 0.831. The molecule has 0 aromatic heterocycles. The molecular formula is C13H17BrO2. The first-order valence-electron chi connectivity index (χ1n) is 5.69. The molecule has 1 saturated heterocycles. The minimum absolute atomic E-state index is 0.217. The molecule has 0 saturated carbocycles. The van der Waals surface area contributed by atoms with Gasteiger partial charge in [0.05, 0.1) is 6.61 Å². The number of rotatable bonds is 3. The summed E-state index contributed by atoms with van der Waals surface area (Å²) in [4.78, 5) is 0. The van der Waals surface area contributed by atoms with Gasteiger partial charge in [0.2, 0.25) is 0 Å². The highest BCUT2D eigenvalue weighted by atomic mass is 79.9. The van der Waals surface area contributed by atoms with Crippen molar-refractivity contribution in [2.45, 2.75) is 31.2 Å². The Morgan fingerprint density at radius 1 is 1.50 bits per heavy atom. The lowest BCUT2D eigenvalue weighted by Gasteiger charge is -2.24. The van der Waals surface area contributed by atoms with Crippen LogP contribution in [0.4, 0.5) is 0 Å². The quantitative estimate of drug-likeness (QED) is 0.792. The zero-order valence-corrected chi connectivity index (χ0v) is 11.1. The van der Waals surface area contributed by atoms with Crippen LogP contribution in [0.5, 0.6) is 5.75 Å². The third-order valence-electron chi connectivity index (χ3n) is 2.77. The molecule has 1 aromatic rings. The van der Waals surface area contributed by atoms with Gasteiger partial charge in [0.15, 0.2) is 0 Å². The Kier molecular flexibility index (Phi) is 4.24. The number of hydrogen-bond donors (Lipinski definition) is 0. The highest BCUT2D eigenvalue weighted by Gasteiger charge is 2.16. The van der Waals surface area contributed by atoms with Gasteiger partial charge in [0.1, 0.15) is 11.9 Å². The van der Waals surface area contributed by atoms with E-state index in [0.29, 0.717) is 0 Å². The van der Waals surface area contributed by atoms with Crippen LogP contribution in [-0.4, -0.2) is 19.3 Å². The average Bonchev–Trinajstić information content (AvgIpc) is 2.33. The van der Waals surface area contributed by atoms with Gasteiger partial charge in [0, 0.05) is 17.5 Å². The molecule has 88 valence electrons. The van der Waals surface area contributed by atoms with Crippen molar-refractivity contribution in [1.29, 1.82) is 0 Å². The number of halogens is 1. The molecule has 1 fully saturated rings. The first kappa shape index (κ1) is 11.9. The van der Waals surface area contributed by atoms with E-state index in [9.17, 15) is 0 Å². The fourth-order valence-corrected chi connectivity index (χ4v) is 2.35.